The predicted molar refractivity (Wildman–Crippen MR) is 69.6 cm³/mol. The Morgan fingerprint density at radius 2 is 2.17 bits per heavy atom. The van der Waals surface area contributed by atoms with Crippen LogP contribution in [0.3, 0.4) is 0 Å². The van der Waals surface area contributed by atoms with E-state index in [1.165, 1.54) is 0 Å². The summed E-state index contributed by atoms with van der Waals surface area (Å²) in [6.07, 6.45) is 5.02. The number of aryl methyl sites for hydroxylation is 1. The number of aromatic nitrogens is 1. The van der Waals surface area contributed by atoms with Crippen molar-refractivity contribution in [1.82, 2.24) is 4.98 Å². The second-order valence-electron chi connectivity index (χ2n) is 4.05. The first kappa shape index (κ1) is 14.5. The Morgan fingerprint density at radius 1 is 1.33 bits per heavy atom. The molecule has 1 heterocycles. The van der Waals surface area contributed by atoms with Crippen molar-refractivity contribution in [2.45, 2.75) is 39.5 Å². The van der Waals surface area contributed by atoms with Crippen LogP contribution in [-0.4, -0.2) is 24.2 Å². The summed E-state index contributed by atoms with van der Waals surface area (Å²) in [4.78, 5) is 15.2. The van der Waals surface area contributed by atoms with E-state index in [9.17, 15) is 4.79 Å². The lowest BCUT2D eigenvalue weighted by atomic mass is 10.2. The number of carbonyl (C=O) groups is 1. The molecule has 1 rings (SSSR count). The van der Waals surface area contributed by atoms with Crippen LogP contribution in [0.4, 0.5) is 0 Å². The molecule has 0 fully saturated rings. The molecule has 0 aromatic carbocycles. The first-order chi connectivity index (χ1) is 8.74. The Bertz CT molecular complexity index is 366. The molecule has 0 aliphatic rings. The molecule has 0 amide bonds. The molecule has 0 aliphatic heterocycles. The largest absolute Gasteiger partial charge is 0.492 e. The molecule has 0 bridgehead atoms. The summed E-state index contributed by atoms with van der Waals surface area (Å²) in [5.74, 6) is 0.726. The van der Waals surface area contributed by atoms with E-state index in [0.29, 0.717) is 19.6 Å². The minimum atomic E-state index is -0.110. The zero-order valence-electron chi connectivity index (χ0n) is 11.1. The molecule has 0 aliphatic carbocycles. The molecule has 1 aromatic heterocycles. The molecule has 0 unspecified atom stereocenters. The highest BCUT2D eigenvalue weighted by Gasteiger charge is 2.01. The topological polar surface area (TPSA) is 48.4 Å². The molecule has 0 N–H and O–H groups in total. The lowest BCUT2D eigenvalue weighted by Crippen LogP contribution is -2.04. The number of ether oxygens (including phenoxy) is 2. The van der Waals surface area contributed by atoms with Gasteiger partial charge in [-0.3, -0.25) is 9.78 Å². The van der Waals surface area contributed by atoms with Gasteiger partial charge in [0, 0.05) is 12.6 Å². The number of rotatable bonds is 8. The van der Waals surface area contributed by atoms with Crippen molar-refractivity contribution in [2.75, 3.05) is 13.2 Å². The van der Waals surface area contributed by atoms with Crippen LogP contribution in [0, 0.1) is 6.92 Å². The lowest BCUT2D eigenvalue weighted by Gasteiger charge is -2.07. The van der Waals surface area contributed by atoms with E-state index >= 15 is 0 Å². The molecule has 0 saturated heterocycles. The van der Waals surface area contributed by atoms with Crippen molar-refractivity contribution in [3.63, 3.8) is 0 Å². The Morgan fingerprint density at radius 3 is 2.89 bits per heavy atom. The third-order valence-electron chi connectivity index (χ3n) is 2.55. The fourth-order valence-electron chi connectivity index (χ4n) is 1.59. The van der Waals surface area contributed by atoms with Crippen molar-refractivity contribution in [2.24, 2.45) is 0 Å². The van der Waals surface area contributed by atoms with Gasteiger partial charge in [-0.25, -0.2) is 0 Å². The molecule has 0 radical (unpaired) electrons. The minimum absolute atomic E-state index is 0.110. The molecule has 0 spiro atoms. The van der Waals surface area contributed by atoms with Gasteiger partial charge in [0.15, 0.2) is 0 Å². The highest BCUT2D eigenvalue weighted by Crippen LogP contribution is 2.14. The van der Waals surface area contributed by atoms with Crippen molar-refractivity contribution in [3.05, 3.63) is 24.0 Å². The zero-order valence-corrected chi connectivity index (χ0v) is 11.1. The van der Waals surface area contributed by atoms with E-state index in [1.807, 2.05) is 26.0 Å². The van der Waals surface area contributed by atoms with Gasteiger partial charge < -0.3 is 9.47 Å². The van der Waals surface area contributed by atoms with Crippen molar-refractivity contribution >= 4 is 5.97 Å². The number of hydrogen-bond donors (Lipinski definition) is 0. The zero-order chi connectivity index (χ0) is 13.2. The average Bonchev–Trinajstić information content (AvgIpc) is 2.36. The van der Waals surface area contributed by atoms with Gasteiger partial charge in [0.25, 0.3) is 0 Å². The van der Waals surface area contributed by atoms with E-state index in [1.54, 1.807) is 6.20 Å². The van der Waals surface area contributed by atoms with Crippen molar-refractivity contribution in [3.8, 4) is 5.75 Å². The summed E-state index contributed by atoms with van der Waals surface area (Å²) in [7, 11) is 0. The SMILES string of the molecule is CCOC(=O)CCCCCOc1cccnc1C. The van der Waals surface area contributed by atoms with Gasteiger partial charge in [-0.15, -0.1) is 0 Å². The standard InChI is InChI=1S/C14H21NO3/c1-3-17-14(16)9-5-4-6-11-18-13-8-7-10-15-12(13)2/h7-8,10H,3-6,9,11H2,1-2H3. The monoisotopic (exact) mass is 251 g/mol. The van der Waals surface area contributed by atoms with Crippen LogP contribution in [0.2, 0.25) is 0 Å². The first-order valence-electron chi connectivity index (χ1n) is 6.44. The Balaban J connectivity index is 2.06. The Hall–Kier alpha value is -1.58. The lowest BCUT2D eigenvalue weighted by molar-refractivity contribution is -0.143. The van der Waals surface area contributed by atoms with Crippen LogP contribution in [0.15, 0.2) is 18.3 Å². The maximum Gasteiger partial charge on any atom is 0.305 e. The fraction of sp³-hybridized carbons (Fsp3) is 0.571. The van der Waals surface area contributed by atoms with Gasteiger partial charge in [-0.1, -0.05) is 0 Å². The van der Waals surface area contributed by atoms with E-state index < -0.39 is 0 Å². The highest BCUT2D eigenvalue weighted by molar-refractivity contribution is 5.69. The second-order valence-corrected chi connectivity index (χ2v) is 4.05. The third kappa shape index (κ3) is 5.66. The van der Waals surface area contributed by atoms with Crippen LogP contribution in [0.1, 0.15) is 38.3 Å². The summed E-state index contributed by atoms with van der Waals surface area (Å²) in [6, 6.07) is 3.78. The molecule has 0 atom stereocenters. The quantitative estimate of drug-likeness (QED) is 0.526. The van der Waals surface area contributed by atoms with Crippen LogP contribution in [0.25, 0.3) is 0 Å². The van der Waals surface area contributed by atoms with Gasteiger partial charge in [0.1, 0.15) is 5.75 Å². The molecular formula is C14H21NO3. The number of esters is 1. The minimum Gasteiger partial charge on any atom is -0.492 e. The van der Waals surface area contributed by atoms with Crippen LogP contribution < -0.4 is 4.74 Å². The number of carbonyl (C=O) groups excluding carboxylic acids is 1. The fourth-order valence-corrected chi connectivity index (χ4v) is 1.59. The average molecular weight is 251 g/mol. The van der Waals surface area contributed by atoms with Gasteiger partial charge in [-0.2, -0.15) is 0 Å². The third-order valence-corrected chi connectivity index (χ3v) is 2.55. The molecule has 100 valence electrons. The van der Waals surface area contributed by atoms with E-state index in [-0.39, 0.29) is 5.97 Å². The Labute approximate surface area is 108 Å². The predicted octanol–water partition coefficient (Wildman–Crippen LogP) is 2.89. The van der Waals surface area contributed by atoms with E-state index in [0.717, 1.165) is 30.7 Å². The number of unbranched alkanes of at least 4 members (excludes halogenated alkanes) is 2. The number of hydrogen-bond acceptors (Lipinski definition) is 4. The van der Waals surface area contributed by atoms with Crippen LogP contribution in [0.5, 0.6) is 5.75 Å². The first-order valence-corrected chi connectivity index (χ1v) is 6.44. The highest BCUT2D eigenvalue weighted by atomic mass is 16.5. The van der Waals surface area contributed by atoms with Gasteiger partial charge >= 0.3 is 5.97 Å². The molecule has 1 aromatic rings. The van der Waals surface area contributed by atoms with Crippen molar-refractivity contribution < 1.29 is 14.3 Å². The molecule has 0 saturated carbocycles. The van der Waals surface area contributed by atoms with E-state index in [4.69, 9.17) is 9.47 Å². The summed E-state index contributed by atoms with van der Waals surface area (Å²) in [6.45, 7) is 4.87. The van der Waals surface area contributed by atoms with Crippen molar-refractivity contribution in [1.29, 1.82) is 0 Å². The maximum atomic E-state index is 11.1. The molecule has 4 nitrogen and oxygen atoms in total. The molecular weight excluding hydrogens is 230 g/mol. The number of pyridine rings is 1. The second kappa shape index (κ2) is 8.50. The van der Waals surface area contributed by atoms with Gasteiger partial charge in [-0.05, 0) is 45.2 Å². The summed E-state index contributed by atoms with van der Waals surface area (Å²) < 4.78 is 10.5. The Kier molecular flexibility index (Phi) is 6.84. The number of nitrogens with zero attached hydrogens (tertiary/aromatic N) is 1. The molecule has 4 heteroatoms. The van der Waals surface area contributed by atoms with Gasteiger partial charge in [0.05, 0.1) is 18.9 Å². The molecule has 18 heavy (non-hydrogen) atoms. The smallest absolute Gasteiger partial charge is 0.305 e. The summed E-state index contributed by atoms with van der Waals surface area (Å²) >= 11 is 0. The van der Waals surface area contributed by atoms with Crippen LogP contribution >= 0.6 is 0 Å². The van der Waals surface area contributed by atoms with E-state index in [2.05, 4.69) is 4.98 Å². The maximum absolute atomic E-state index is 11.1. The normalized spacial score (nSPS) is 10.1. The summed E-state index contributed by atoms with van der Waals surface area (Å²) in [5.41, 5.74) is 0.907. The summed E-state index contributed by atoms with van der Waals surface area (Å²) in [5, 5.41) is 0. The van der Waals surface area contributed by atoms with Gasteiger partial charge in [0.2, 0.25) is 0 Å². The van der Waals surface area contributed by atoms with Crippen LogP contribution in [-0.2, 0) is 9.53 Å².